The second-order valence-electron chi connectivity index (χ2n) is 11.6. The minimum absolute atomic E-state index is 0.652. The summed E-state index contributed by atoms with van der Waals surface area (Å²) in [6.45, 7) is 4.30. The monoisotopic (exact) mass is 820 g/mol. The fraction of sp³-hybridized carbons (Fsp3) is 0.0455. The van der Waals surface area contributed by atoms with Gasteiger partial charge in [0.15, 0.2) is 0 Å². The predicted octanol–water partition coefficient (Wildman–Crippen LogP) is 13.1. The van der Waals surface area contributed by atoms with Crippen LogP contribution in [-0.2, 0) is 20.8 Å². The van der Waals surface area contributed by atoms with E-state index in [1.54, 1.807) is 0 Å². The van der Waals surface area contributed by atoms with E-state index in [0.717, 1.165) is 10.0 Å². The number of hydrogen-bond acceptors (Lipinski definition) is 0. The zero-order valence-electron chi connectivity index (χ0n) is 27.7. The molecule has 0 nitrogen and oxygen atoms in total. The average Bonchev–Trinajstić information content (AvgIpc) is 3.72. The topological polar surface area (TPSA) is 0 Å². The first-order valence-electron chi connectivity index (χ1n) is 16.0. The molecule has 8 aromatic rings. The van der Waals surface area contributed by atoms with Gasteiger partial charge in [0.25, 0.3) is 0 Å². The van der Waals surface area contributed by atoms with Crippen LogP contribution < -0.4 is 10.4 Å². The zero-order valence-corrected chi connectivity index (χ0v) is 34.2. The van der Waals surface area contributed by atoms with Gasteiger partial charge < -0.3 is 0 Å². The quantitative estimate of drug-likeness (QED) is 0.123. The van der Waals surface area contributed by atoms with Crippen LogP contribution >= 0.6 is 40.2 Å². The molecule has 6 heteroatoms. The van der Waals surface area contributed by atoms with Crippen molar-refractivity contribution in [3.8, 4) is 22.3 Å². The SMILES string of the molecule is Cc1cc2c(-c3ccccc3)cccc2[cH-]1.Cc1cc2c(-c3ccccc3)cccc2[cH-]1.Clc1ccc([Si]c2ccc(Cl)cc2)cc1.[Cl][Zr+2][Cl]. The summed E-state index contributed by atoms with van der Waals surface area (Å²) in [4.78, 5) is 0. The molecule has 0 unspecified atom stereocenters. The molecule has 0 N–H and O–H groups in total. The van der Waals surface area contributed by atoms with Crippen molar-refractivity contribution in [1.82, 2.24) is 0 Å². The number of benzene rings is 6. The molecule has 0 atom stereocenters. The minimum atomic E-state index is -0.826. The van der Waals surface area contributed by atoms with Gasteiger partial charge in [0.2, 0.25) is 0 Å². The fourth-order valence-corrected chi connectivity index (χ4v) is 6.99. The van der Waals surface area contributed by atoms with E-state index in [1.165, 1.54) is 65.3 Å². The molecule has 0 saturated carbocycles. The summed E-state index contributed by atoms with van der Waals surface area (Å²) in [7, 11) is 10.5. The first-order valence-corrected chi connectivity index (χ1v) is 24.1. The average molecular weight is 824 g/mol. The summed E-state index contributed by atoms with van der Waals surface area (Å²) < 4.78 is 0. The second-order valence-corrected chi connectivity index (χ2v) is 17.6. The molecule has 0 saturated heterocycles. The van der Waals surface area contributed by atoms with E-state index in [-0.39, 0.29) is 0 Å². The standard InChI is InChI=1S/2C16H13.C12H8Cl2Si.2ClH.Zr/c2*1-12-10-14-8-5-9-15(16(14)11-12)13-6-3-2-4-7-13;13-9-1-5-11(6-2-9)15-12-7-3-10(14)4-8-12;;;/h2*2-11H,1H3;1-8H;2*1H;/q2*-1;;;;+4/p-2. The summed E-state index contributed by atoms with van der Waals surface area (Å²) in [5, 5.41) is 9.48. The number of hydrogen-bond donors (Lipinski definition) is 0. The third-order valence-electron chi connectivity index (χ3n) is 7.94. The van der Waals surface area contributed by atoms with Crippen molar-refractivity contribution in [2.45, 2.75) is 13.8 Å². The molecule has 0 fully saturated rings. The molecule has 0 aliphatic carbocycles. The summed E-state index contributed by atoms with van der Waals surface area (Å²) in [6, 6.07) is 59.0. The van der Waals surface area contributed by atoms with E-state index in [9.17, 15) is 0 Å². The number of rotatable bonds is 4. The van der Waals surface area contributed by atoms with Gasteiger partial charge >= 0.3 is 37.9 Å². The molecular formula is C44H34Cl4SiZr. The number of halogens is 4. The molecule has 0 spiro atoms. The van der Waals surface area contributed by atoms with Crippen LogP contribution in [0.5, 0.6) is 0 Å². The summed E-state index contributed by atoms with van der Waals surface area (Å²) >= 11 is 10.8. The van der Waals surface area contributed by atoms with Gasteiger partial charge in [-0.2, -0.15) is 12.1 Å². The van der Waals surface area contributed by atoms with E-state index >= 15 is 0 Å². The molecule has 2 radical (unpaired) electrons. The van der Waals surface area contributed by atoms with Crippen molar-refractivity contribution < 1.29 is 20.8 Å². The maximum absolute atomic E-state index is 5.82. The Morgan fingerprint density at radius 3 is 1.18 bits per heavy atom. The van der Waals surface area contributed by atoms with E-state index in [4.69, 9.17) is 40.2 Å². The second kappa shape index (κ2) is 19.4. The Morgan fingerprint density at radius 1 is 0.460 bits per heavy atom. The van der Waals surface area contributed by atoms with Gasteiger partial charge in [0.1, 0.15) is 9.52 Å². The van der Waals surface area contributed by atoms with Gasteiger partial charge in [-0.15, -0.1) is 69.1 Å². The van der Waals surface area contributed by atoms with Gasteiger partial charge in [-0.25, -0.2) is 0 Å². The summed E-state index contributed by atoms with van der Waals surface area (Å²) in [6.07, 6.45) is 0. The molecule has 246 valence electrons. The molecule has 8 rings (SSSR count). The van der Waals surface area contributed by atoms with Crippen LogP contribution in [0.4, 0.5) is 0 Å². The number of fused-ring (bicyclic) bond motifs is 2. The van der Waals surface area contributed by atoms with Crippen molar-refractivity contribution in [1.29, 1.82) is 0 Å². The Hall–Kier alpha value is -3.20. The fourth-order valence-electron chi connectivity index (χ4n) is 5.74. The van der Waals surface area contributed by atoms with E-state index < -0.39 is 20.8 Å². The Balaban J connectivity index is 0.000000140. The normalized spacial score (nSPS) is 10.2. The predicted molar refractivity (Wildman–Crippen MR) is 219 cm³/mol. The van der Waals surface area contributed by atoms with Crippen LogP contribution in [-0.4, -0.2) is 9.52 Å². The van der Waals surface area contributed by atoms with Crippen LogP contribution in [0, 0.1) is 13.8 Å². The van der Waals surface area contributed by atoms with E-state index in [0.29, 0.717) is 9.52 Å². The molecule has 0 aliphatic heterocycles. The molecule has 0 heterocycles. The first kappa shape index (κ1) is 38.0. The Morgan fingerprint density at radius 2 is 0.820 bits per heavy atom. The summed E-state index contributed by atoms with van der Waals surface area (Å²) in [5.41, 5.74) is 7.89. The van der Waals surface area contributed by atoms with Crippen molar-refractivity contribution in [2.24, 2.45) is 0 Å². The molecule has 0 aromatic heterocycles. The Bertz CT molecular complexity index is 2050. The molecule has 0 aliphatic rings. The third kappa shape index (κ3) is 10.9. The van der Waals surface area contributed by atoms with Gasteiger partial charge in [0.05, 0.1) is 0 Å². The van der Waals surface area contributed by atoms with E-state index in [2.05, 4.69) is 159 Å². The van der Waals surface area contributed by atoms with Crippen LogP contribution in [0.1, 0.15) is 11.1 Å². The molecule has 50 heavy (non-hydrogen) atoms. The molecular weight excluding hydrogens is 790 g/mol. The maximum atomic E-state index is 5.82. The van der Waals surface area contributed by atoms with Crippen molar-refractivity contribution in [3.63, 3.8) is 0 Å². The first-order chi connectivity index (χ1) is 24.3. The van der Waals surface area contributed by atoms with Crippen LogP contribution in [0.15, 0.2) is 170 Å². The molecule has 0 amide bonds. The number of aryl methyl sites for hydroxylation is 2. The Kier molecular flexibility index (Phi) is 14.8. The van der Waals surface area contributed by atoms with Crippen LogP contribution in [0.2, 0.25) is 10.0 Å². The third-order valence-corrected chi connectivity index (χ3v) is 9.68. The van der Waals surface area contributed by atoms with Gasteiger partial charge in [-0.1, -0.05) is 156 Å². The van der Waals surface area contributed by atoms with Gasteiger partial charge in [-0.05, 0) is 35.4 Å². The van der Waals surface area contributed by atoms with Crippen LogP contribution in [0.25, 0.3) is 43.8 Å². The van der Waals surface area contributed by atoms with Crippen molar-refractivity contribution >= 4 is 81.7 Å². The molecule has 8 aromatic carbocycles. The van der Waals surface area contributed by atoms with Crippen LogP contribution in [0.3, 0.4) is 0 Å². The van der Waals surface area contributed by atoms with E-state index in [1.807, 2.05) is 24.3 Å². The Labute approximate surface area is 326 Å². The summed E-state index contributed by atoms with van der Waals surface area (Å²) in [5.74, 6) is 0. The molecule has 0 bridgehead atoms. The van der Waals surface area contributed by atoms with Crippen molar-refractivity contribution in [2.75, 3.05) is 0 Å². The van der Waals surface area contributed by atoms with Gasteiger partial charge in [0, 0.05) is 10.0 Å². The zero-order chi connectivity index (χ0) is 35.3. The van der Waals surface area contributed by atoms with Gasteiger partial charge in [-0.3, -0.25) is 0 Å². The van der Waals surface area contributed by atoms with Crippen molar-refractivity contribution in [3.05, 3.63) is 191 Å².